The molecule has 2 aromatic rings. The monoisotopic (exact) mass is 318 g/mol. The summed E-state index contributed by atoms with van der Waals surface area (Å²) in [5, 5.41) is 2.94. The van der Waals surface area contributed by atoms with E-state index in [0.717, 1.165) is 5.56 Å². The molecule has 1 heterocycles. The number of hydrogen-bond acceptors (Lipinski definition) is 7. The van der Waals surface area contributed by atoms with Gasteiger partial charge in [-0.2, -0.15) is 4.98 Å². The molecule has 0 unspecified atom stereocenters. The summed E-state index contributed by atoms with van der Waals surface area (Å²) in [6.45, 7) is 4.15. The molecular formula is C16H22N4O3. The van der Waals surface area contributed by atoms with Crippen LogP contribution in [0.5, 0.6) is 23.0 Å². The van der Waals surface area contributed by atoms with E-state index in [1.54, 1.807) is 27.3 Å². The Morgan fingerprint density at radius 2 is 1.70 bits per heavy atom. The van der Waals surface area contributed by atoms with E-state index in [0.29, 0.717) is 28.8 Å². The number of rotatable bonds is 6. The summed E-state index contributed by atoms with van der Waals surface area (Å²) < 4.78 is 16.7. The first-order valence-corrected chi connectivity index (χ1v) is 7.24. The quantitative estimate of drug-likeness (QED) is 0.845. The third-order valence-electron chi connectivity index (χ3n) is 3.37. The molecule has 3 N–H and O–H groups in total. The largest absolute Gasteiger partial charge is 0.493 e. The van der Waals surface area contributed by atoms with Crippen LogP contribution in [-0.2, 0) is 0 Å². The van der Waals surface area contributed by atoms with Crippen molar-refractivity contribution in [1.82, 2.24) is 9.97 Å². The Morgan fingerprint density at radius 3 is 2.26 bits per heavy atom. The number of nitrogens with one attached hydrogen (secondary N) is 1. The summed E-state index contributed by atoms with van der Waals surface area (Å²) >= 11 is 0. The third-order valence-corrected chi connectivity index (χ3v) is 3.37. The number of aromatic nitrogens is 2. The van der Waals surface area contributed by atoms with Gasteiger partial charge in [0, 0.05) is 18.7 Å². The molecule has 0 aliphatic heterocycles. The van der Waals surface area contributed by atoms with Gasteiger partial charge in [0.15, 0.2) is 23.1 Å². The number of anilines is 2. The molecule has 2 rings (SSSR count). The molecule has 0 spiro atoms. The fourth-order valence-corrected chi connectivity index (χ4v) is 2.17. The minimum Gasteiger partial charge on any atom is -0.493 e. The first kappa shape index (κ1) is 16.7. The van der Waals surface area contributed by atoms with Gasteiger partial charge in [-0.3, -0.25) is 0 Å². The van der Waals surface area contributed by atoms with Crippen molar-refractivity contribution in [3.8, 4) is 23.0 Å². The van der Waals surface area contributed by atoms with Gasteiger partial charge >= 0.3 is 0 Å². The molecule has 0 atom stereocenters. The van der Waals surface area contributed by atoms with Gasteiger partial charge in [-0.05, 0) is 12.0 Å². The van der Waals surface area contributed by atoms with Crippen LogP contribution in [0, 0.1) is 0 Å². The molecule has 1 aromatic heterocycles. The highest BCUT2D eigenvalue weighted by Crippen LogP contribution is 2.40. The molecule has 124 valence electrons. The SMILES string of the molecule is CNc1nc(N)ncc1Oc1cc(OC)c(OC)cc1C(C)C. The predicted molar refractivity (Wildman–Crippen MR) is 89.7 cm³/mol. The predicted octanol–water partition coefficient (Wildman–Crippen LogP) is 3.03. The van der Waals surface area contributed by atoms with E-state index < -0.39 is 0 Å². The second-order valence-electron chi connectivity index (χ2n) is 5.19. The first-order valence-electron chi connectivity index (χ1n) is 7.24. The zero-order valence-electron chi connectivity index (χ0n) is 14.0. The standard InChI is InChI=1S/C16H22N4O3/c1-9(2)10-6-12(21-4)13(22-5)7-11(10)23-14-8-19-16(17)20-15(14)18-3/h6-9H,1-5H3,(H3,17,18,19,20). The number of nitrogen functional groups attached to an aromatic ring is 1. The molecule has 0 radical (unpaired) electrons. The van der Waals surface area contributed by atoms with Gasteiger partial charge in [0.1, 0.15) is 5.75 Å². The van der Waals surface area contributed by atoms with E-state index in [2.05, 4.69) is 29.1 Å². The number of benzene rings is 1. The normalized spacial score (nSPS) is 10.5. The Balaban J connectivity index is 2.50. The number of hydrogen-bond donors (Lipinski definition) is 2. The number of nitrogens with two attached hydrogens (primary N) is 1. The Hall–Kier alpha value is -2.70. The first-order chi connectivity index (χ1) is 11.0. The Kier molecular flexibility index (Phi) is 5.10. The molecule has 0 bridgehead atoms. The Labute approximate surface area is 135 Å². The lowest BCUT2D eigenvalue weighted by Crippen LogP contribution is -2.03. The number of ether oxygens (including phenoxy) is 3. The average Bonchev–Trinajstić information content (AvgIpc) is 2.55. The van der Waals surface area contributed by atoms with Crippen LogP contribution in [0.2, 0.25) is 0 Å². The summed E-state index contributed by atoms with van der Waals surface area (Å²) in [6.07, 6.45) is 1.54. The lowest BCUT2D eigenvalue weighted by molar-refractivity contribution is 0.350. The lowest BCUT2D eigenvalue weighted by atomic mass is 10.0. The Bertz CT molecular complexity index is 689. The summed E-state index contributed by atoms with van der Waals surface area (Å²) in [5.41, 5.74) is 6.59. The van der Waals surface area contributed by atoms with Crippen molar-refractivity contribution in [3.63, 3.8) is 0 Å². The van der Waals surface area contributed by atoms with Gasteiger partial charge in [0.25, 0.3) is 0 Å². The fraction of sp³-hybridized carbons (Fsp3) is 0.375. The van der Waals surface area contributed by atoms with Crippen molar-refractivity contribution in [1.29, 1.82) is 0 Å². The van der Waals surface area contributed by atoms with Gasteiger partial charge < -0.3 is 25.3 Å². The third kappa shape index (κ3) is 3.56. The summed E-state index contributed by atoms with van der Waals surface area (Å²) in [6, 6.07) is 3.71. The highest BCUT2D eigenvalue weighted by molar-refractivity contribution is 5.56. The van der Waals surface area contributed by atoms with Gasteiger partial charge in [-0.25, -0.2) is 4.98 Å². The minimum atomic E-state index is 0.179. The van der Waals surface area contributed by atoms with Crippen molar-refractivity contribution >= 4 is 11.8 Å². The molecule has 0 saturated carbocycles. The van der Waals surface area contributed by atoms with Crippen LogP contribution in [0.4, 0.5) is 11.8 Å². The summed E-state index contributed by atoms with van der Waals surface area (Å²) in [7, 11) is 4.93. The lowest BCUT2D eigenvalue weighted by Gasteiger charge is -2.18. The van der Waals surface area contributed by atoms with E-state index in [9.17, 15) is 0 Å². The van der Waals surface area contributed by atoms with E-state index in [1.165, 1.54) is 6.20 Å². The van der Waals surface area contributed by atoms with Crippen molar-refractivity contribution in [2.45, 2.75) is 19.8 Å². The Morgan fingerprint density at radius 1 is 1.04 bits per heavy atom. The average molecular weight is 318 g/mol. The van der Waals surface area contributed by atoms with Crippen molar-refractivity contribution in [2.75, 3.05) is 32.3 Å². The highest BCUT2D eigenvalue weighted by Gasteiger charge is 2.17. The van der Waals surface area contributed by atoms with Gasteiger partial charge in [0.05, 0.1) is 20.4 Å². The van der Waals surface area contributed by atoms with Crippen molar-refractivity contribution < 1.29 is 14.2 Å². The highest BCUT2D eigenvalue weighted by atomic mass is 16.5. The number of methoxy groups -OCH3 is 2. The van der Waals surface area contributed by atoms with Gasteiger partial charge in [-0.1, -0.05) is 13.8 Å². The second-order valence-corrected chi connectivity index (χ2v) is 5.19. The van der Waals surface area contributed by atoms with Crippen LogP contribution in [0.3, 0.4) is 0 Å². The number of nitrogens with zero attached hydrogens (tertiary/aromatic N) is 2. The van der Waals surface area contributed by atoms with Crippen LogP contribution in [0.15, 0.2) is 18.3 Å². The fourth-order valence-electron chi connectivity index (χ4n) is 2.17. The topological polar surface area (TPSA) is 91.5 Å². The zero-order chi connectivity index (χ0) is 17.0. The molecule has 0 fully saturated rings. The maximum Gasteiger partial charge on any atom is 0.222 e. The molecule has 7 heteroatoms. The van der Waals surface area contributed by atoms with Crippen molar-refractivity contribution in [2.24, 2.45) is 0 Å². The van der Waals surface area contributed by atoms with Crippen LogP contribution in [0.25, 0.3) is 0 Å². The molecule has 0 saturated heterocycles. The molecule has 1 aromatic carbocycles. The maximum absolute atomic E-state index is 6.01. The van der Waals surface area contributed by atoms with Crippen LogP contribution >= 0.6 is 0 Å². The molecular weight excluding hydrogens is 296 g/mol. The molecule has 7 nitrogen and oxygen atoms in total. The summed E-state index contributed by atoms with van der Waals surface area (Å²) in [5.74, 6) is 3.32. The van der Waals surface area contributed by atoms with E-state index >= 15 is 0 Å². The van der Waals surface area contributed by atoms with E-state index in [4.69, 9.17) is 19.9 Å². The van der Waals surface area contributed by atoms with Crippen LogP contribution in [-0.4, -0.2) is 31.2 Å². The zero-order valence-corrected chi connectivity index (χ0v) is 14.0. The van der Waals surface area contributed by atoms with Gasteiger partial charge in [-0.15, -0.1) is 0 Å². The van der Waals surface area contributed by atoms with Crippen LogP contribution in [0.1, 0.15) is 25.3 Å². The van der Waals surface area contributed by atoms with Crippen LogP contribution < -0.4 is 25.3 Å². The molecule has 0 amide bonds. The molecule has 23 heavy (non-hydrogen) atoms. The van der Waals surface area contributed by atoms with Gasteiger partial charge in [0.2, 0.25) is 5.95 Å². The molecule has 0 aliphatic carbocycles. The van der Waals surface area contributed by atoms with E-state index in [-0.39, 0.29) is 11.9 Å². The molecule has 0 aliphatic rings. The second kappa shape index (κ2) is 7.04. The van der Waals surface area contributed by atoms with E-state index in [1.807, 2.05) is 6.07 Å². The summed E-state index contributed by atoms with van der Waals surface area (Å²) in [4.78, 5) is 8.09. The van der Waals surface area contributed by atoms with Crippen molar-refractivity contribution in [3.05, 3.63) is 23.9 Å². The maximum atomic E-state index is 6.01. The minimum absolute atomic E-state index is 0.179. The smallest absolute Gasteiger partial charge is 0.222 e.